The molecule has 1 atom stereocenters. The molecule has 0 aliphatic carbocycles. The number of aldehydes is 1. The van der Waals surface area contributed by atoms with Crippen molar-refractivity contribution in [3.05, 3.63) is 59.8 Å². The molecular weight excluding hydrogens is 442 g/mol. The number of aromatic nitrogens is 2. The third-order valence-electron chi connectivity index (χ3n) is 5.07. The fourth-order valence-electron chi connectivity index (χ4n) is 3.36. The van der Waals surface area contributed by atoms with E-state index in [9.17, 15) is 27.5 Å². The van der Waals surface area contributed by atoms with Gasteiger partial charge in [-0.05, 0) is 42.7 Å². The van der Waals surface area contributed by atoms with Gasteiger partial charge in [0.1, 0.15) is 17.4 Å². The van der Waals surface area contributed by atoms with Gasteiger partial charge in [-0.25, -0.2) is 14.4 Å². The maximum absolute atomic E-state index is 13.4. The Morgan fingerprint density at radius 2 is 1.85 bits per heavy atom. The maximum atomic E-state index is 13.4. The summed E-state index contributed by atoms with van der Waals surface area (Å²) in [6, 6.07) is 9.08. The zero-order valence-corrected chi connectivity index (χ0v) is 18.6. The first-order valence-corrected chi connectivity index (χ1v) is 9.81. The van der Waals surface area contributed by atoms with E-state index in [1.54, 1.807) is 6.20 Å². The van der Waals surface area contributed by atoms with E-state index in [1.807, 2.05) is 25.1 Å². The number of fused-ring (bicyclic) bond motifs is 1. The number of carbonyl (C=O) groups is 1. The van der Waals surface area contributed by atoms with E-state index in [1.165, 1.54) is 27.0 Å². The second-order valence-corrected chi connectivity index (χ2v) is 8.14. The minimum Gasteiger partial charge on any atom is -0.496 e. The van der Waals surface area contributed by atoms with Crippen LogP contribution in [0.25, 0.3) is 10.9 Å². The molecule has 1 unspecified atom stereocenters. The van der Waals surface area contributed by atoms with Crippen molar-refractivity contribution >= 4 is 22.9 Å². The number of aliphatic hydroxyl groups is 1. The summed E-state index contributed by atoms with van der Waals surface area (Å²) in [6.45, 7) is 4.59. The number of nitrogens with zero attached hydrogens (tertiary/aromatic N) is 2. The molecule has 3 rings (SSSR count). The number of hydrogen-bond donors (Lipinski definition) is 2. The summed E-state index contributed by atoms with van der Waals surface area (Å²) in [4.78, 5) is 19.1. The van der Waals surface area contributed by atoms with Crippen molar-refractivity contribution in [1.82, 2.24) is 9.97 Å². The monoisotopic (exact) mass is 467 g/mol. The van der Waals surface area contributed by atoms with Gasteiger partial charge in [-0.3, -0.25) is 4.79 Å². The topological polar surface area (TPSA) is 98.3 Å². The first-order chi connectivity index (χ1) is 15.2. The Kier molecular flexibility index (Phi) is 7.64. The number of anilines is 1. The van der Waals surface area contributed by atoms with Gasteiger partial charge in [0, 0.05) is 29.3 Å². The van der Waals surface area contributed by atoms with Gasteiger partial charge in [-0.15, -0.1) is 0 Å². The molecule has 0 radical (unpaired) electrons. The van der Waals surface area contributed by atoms with Crippen molar-refractivity contribution in [2.75, 3.05) is 12.8 Å². The normalized spacial score (nSPS) is 13.6. The molecular formula is C23H25F4N3O3. The van der Waals surface area contributed by atoms with E-state index in [-0.39, 0.29) is 11.3 Å². The summed E-state index contributed by atoms with van der Waals surface area (Å²) in [5.74, 6) is 0.297. The van der Waals surface area contributed by atoms with Crippen molar-refractivity contribution in [1.29, 1.82) is 0 Å². The maximum Gasteiger partial charge on any atom is 0.424 e. The smallest absolute Gasteiger partial charge is 0.424 e. The van der Waals surface area contributed by atoms with Crippen molar-refractivity contribution in [2.45, 2.75) is 44.4 Å². The Labute approximate surface area is 188 Å². The number of nitrogens with two attached hydrogens (primary N) is 1. The lowest BCUT2D eigenvalue weighted by Gasteiger charge is -2.35. The first-order valence-electron chi connectivity index (χ1n) is 9.81. The molecule has 3 N–H and O–H groups in total. The number of carbonyl (C=O) groups excluding carboxylic acids is 1. The molecule has 33 heavy (non-hydrogen) atoms. The van der Waals surface area contributed by atoms with Crippen LogP contribution in [0, 0.1) is 12.7 Å². The van der Waals surface area contributed by atoms with Crippen LogP contribution in [0.3, 0.4) is 0 Å². The minimum atomic E-state index is -5.12. The zero-order chi connectivity index (χ0) is 25.0. The highest BCUT2D eigenvalue weighted by atomic mass is 19.4. The number of ether oxygens (including phenoxy) is 1. The largest absolute Gasteiger partial charge is 0.496 e. The number of benzene rings is 2. The molecule has 2 aromatic carbocycles. The summed E-state index contributed by atoms with van der Waals surface area (Å²) in [5, 5.41) is 10.5. The van der Waals surface area contributed by atoms with Crippen molar-refractivity contribution in [3.8, 4) is 5.75 Å². The Hall–Kier alpha value is -3.27. The van der Waals surface area contributed by atoms with E-state index in [2.05, 4.69) is 9.97 Å². The quantitative estimate of drug-likeness (QED) is 0.325. The average molecular weight is 467 g/mol. The first kappa shape index (κ1) is 26.0. The van der Waals surface area contributed by atoms with Crippen LogP contribution in [-0.4, -0.2) is 40.2 Å². The van der Waals surface area contributed by atoms with E-state index < -0.39 is 35.7 Å². The van der Waals surface area contributed by atoms with Gasteiger partial charge < -0.3 is 15.6 Å². The molecule has 0 bridgehead atoms. The lowest BCUT2D eigenvalue weighted by molar-refractivity contribution is -0.250. The molecule has 178 valence electrons. The van der Waals surface area contributed by atoms with E-state index >= 15 is 0 Å². The van der Waals surface area contributed by atoms with Crippen LogP contribution in [0.2, 0.25) is 0 Å². The molecule has 0 saturated carbocycles. The van der Waals surface area contributed by atoms with E-state index in [4.69, 9.17) is 10.5 Å². The Morgan fingerprint density at radius 1 is 1.18 bits per heavy atom. The standard InChI is InChI=1S/C14H16F4O3.C9H9N3/c1-12(2,7-13(20,8-19)14(16,17)18)10-6-9(15)4-5-11(10)21-3;1-6-11-5-7-8(10)3-2-4-9(7)12-6/h4-6,8,20H,7H2,1-3H3;2-5H,10H2,1H3. The number of methoxy groups -OCH3 is 1. The number of hydrogen-bond acceptors (Lipinski definition) is 6. The molecule has 10 heteroatoms. The summed E-state index contributed by atoms with van der Waals surface area (Å²) in [7, 11) is 1.29. The highest BCUT2D eigenvalue weighted by molar-refractivity contribution is 5.89. The van der Waals surface area contributed by atoms with Gasteiger partial charge in [0.05, 0.1) is 12.6 Å². The lowest BCUT2D eigenvalue weighted by atomic mass is 9.75. The summed E-state index contributed by atoms with van der Waals surface area (Å²) < 4.78 is 56.8. The van der Waals surface area contributed by atoms with Gasteiger partial charge in [0.25, 0.3) is 0 Å². The van der Waals surface area contributed by atoms with E-state index in [0.29, 0.717) is 0 Å². The van der Waals surface area contributed by atoms with Crippen molar-refractivity contribution < 1.29 is 32.2 Å². The molecule has 0 aliphatic rings. The predicted octanol–water partition coefficient (Wildman–Crippen LogP) is 4.51. The molecule has 1 aromatic heterocycles. The zero-order valence-electron chi connectivity index (χ0n) is 18.6. The van der Waals surface area contributed by atoms with Gasteiger partial charge in [0.2, 0.25) is 5.60 Å². The van der Waals surface area contributed by atoms with Crippen LogP contribution in [-0.2, 0) is 10.2 Å². The van der Waals surface area contributed by atoms with Crippen LogP contribution in [0.15, 0.2) is 42.6 Å². The summed E-state index contributed by atoms with van der Waals surface area (Å²) >= 11 is 0. The molecule has 6 nitrogen and oxygen atoms in total. The third kappa shape index (κ3) is 5.95. The second kappa shape index (κ2) is 9.70. The Bertz CT molecular complexity index is 1140. The highest BCUT2D eigenvalue weighted by Crippen LogP contribution is 2.42. The van der Waals surface area contributed by atoms with Crippen molar-refractivity contribution in [2.24, 2.45) is 0 Å². The molecule has 1 heterocycles. The van der Waals surface area contributed by atoms with Crippen molar-refractivity contribution in [3.63, 3.8) is 0 Å². The Morgan fingerprint density at radius 3 is 2.42 bits per heavy atom. The molecule has 0 spiro atoms. The van der Waals surface area contributed by atoms with Gasteiger partial charge in [0.15, 0.2) is 6.29 Å². The van der Waals surface area contributed by atoms with Crippen LogP contribution in [0.4, 0.5) is 23.2 Å². The summed E-state index contributed by atoms with van der Waals surface area (Å²) in [6.07, 6.45) is -4.85. The number of aryl methyl sites for hydroxylation is 1. The summed E-state index contributed by atoms with van der Waals surface area (Å²) in [5.41, 5.74) is 2.64. The fourth-order valence-corrected chi connectivity index (χ4v) is 3.36. The lowest BCUT2D eigenvalue weighted by Crippen LogP contribution is -2.50. The molecule has 3 aromatic rings. The van der Waals surface area contributed by atoms with Gasteiger partial charge in [-0.1, -0.05) is 19.9 Å². The van der Waals surface area contributed by atoms with Gasteiger partial charge >= 0.3 is 6.18 Å². The highest BCUT2D eigenvalue weighted by Gasteiger charge is 2.56. The van der Waals surface area contributed by atoms with Crippen LogP contribution >= 0.6 is 0 Å². The molecule has 0 aliphatic heterocycles. The molecule has 0 fully saturated rings. The second-order valence-electron chi connectivity index (χ2n) is 8.14. The molecule has 0 saturated heterocycles. The number of rotatable bonds is 5. The number of alkyl halides is 3. The predicted molar refractivity (Wildman–Crippen MR) is 116 cm³/mol. The van der Waals surface area contributed by atoms with Crippen LogP contribution in [0.1, 0.15) is 31.7 Å². The minimum absolute atomic E-state index is 0.134. The third-order valence-corrected chi connectivity index (χ3v) is 5.07. The SMILES string of the molecule is COc1ccc(F)cc1C(C)(C)CC(O)(C=O)C(F)(F)F.Cc1ncc2c(N)cccc2n1. The number of nitrogen functional groups attached to an aromatic ring is 1. The van der Waals surface area contributed by atoms with Crippen LogP contribution in [0.5, 0.6) is 5.75 Å². The van der Waals surface area contributed by atoms with Crippen LogP contribution < -0.4 is 10.5 Å². The average Bonchev–Trinajstić information content (AvgIpc) is 2.73. The van der Waals surface area contributed by atoms with E-state index in [0.717, 1.165) is 34.5 Å². The number of halogens is 4. The van der Waals surface area contributed by atoms with Gasteiger partial charge in [-0.2, -0.15) is 13.2 Å². The fraction of sp³-hybridized carbons (Fsp3) is 0.348. The Balaban J connectivity index is 0.000000268. The molecule has 0 amide bonds.